The maximum absolute atomic E-state index is 6.02. The molecule has 1 nitrogen and oxygen atoms in total. The molecule has 0 aliphatic heterocycles. The van der Waals surface area contributed by atoms with Crippen LogP contribution in [0.4, 0.5) is 5.69 Å². The van der Waals surface area contributed by atoms with Crippen LogP contribution in [0.3, 0.4) is 0 Å². The van der Waals surface area contributed by atoms with Crippen LogP contribution < -0.4 is 5.73 Å². The van der Waals surface area contributed by atoms with Crippen LogP contribution in [0, 0.1) is 5.92 Å². The van der Waals surface area contributed by atoms with E-state index in [0.717, 1.165) is 23.2 Å². The molecule has 0 aromatic heterocycles. The molecule has 0 bridgehead atoms. The fourth-order valence-electron chi connectivity index (χ4n) is 2.13. The van der Waals surface area contributed by atoms with E-state index in [1.54, 1.807) is 6.07 Å². The summed E-state index contributed by atoms with van der Waals surface area (Å²) >= 11 is 5.92. The van der Waals surface area contributed by atoms with Crippen molar-refractivity contribution in [3.63, 3.8) is 0 Å². The summed E-state index contributed by atoms with van der Waals surface area (Å²) in [5, 5.41) is 0.676. The summed E-state index contributed by atoms with van der Waals surface area (Å²) in [7, 11) is 0. The van der Waals surface area contributed by atoms with Crippen molar-refractivity contribution in [2.75, 3.05) is 5.73 Å². The SMILES string of the molecule is CC(C)Cc1cccc(-c2ccc(Cl)cc2N)c1. The van der Waals surface area contributed by atoms with Crippen LogP contribution in [0.15, 0.2) is 42.5 Å². The second-order valence-corrected chi connectivity index (χ2v) is 5.47. The van der Waals surface area contributed by atoms with Crippen molar-refractivity contribution in [1.29, 1.82) is 0 Å². The Bertz CT molecular complexity index is 547. The Morgan fingerprint density at radius 3 is 2.56 bits per heavy atom. The number of rotatable bonds is 3. The summed E-state index contributed by atoms with van der Waals surface area (Å²) in [6.07, 6.45) is 1.08. The van der Waals surface area contributed by atoms with E-state index < -0.39 is 0 Å². The molecule has 0 spiro atoms. The van der Waals surface area contributed by atoms with Crippen molar-refractivity contribution >= 4 is 17.3 Å². The third-order valence-corrected chi connectivity index (χ3v) is 3.13. The Labute approximate surface area is 114 Å². The van der Waals surface area contributed by atoms with Gasteiger partial charge in [-0.3, -0.25) is 0 Å². The Balaban J connectivity index is 2.38. The zero-order valence-electron chi connectivity index (χ0n) is 10.8. The van der Waals surface area contributed by atoms with Gasteiger partial charge in [-0.25, -0.2) is 0 Å². The lowest BCUT2D eigenvalue weighted by Crippen LogP contribution is -1.95. The van der Waals surface area contributed by atoms with Gasteiger partial charge in [-0.15, -0.1) is 0 Å². The van der Waals surface area contributed by atoms with E-state index in [2.05, 4.69) is 38.1 Å². The van der Waals surface area contributed by atoms with Gasteiger partial charge in [0.05, 0.1) is 0 Å². The molecule has 18 heavy (non-hydrogen) atoms. The first-order valence-electron chi connectivity index (χ1n) is 6.20. The largest absolute Gasteiger partial charge is 0.398 e. The molecule has 0 heterocycles. The van der Waals surface area contributed by atoms with Gasteiger partial charge in [-0.2, -0.15) is 0 Å². The number of nitrogens with two attached hydrogens (primary N) is 1. The second kappa shape index (κ2) is 5.45. The maximum atomic E-state index is 6.02. The van der Waals surface area contributed by atoms with Crippen molar-refractivity contribution in [2.24, 2.45) is 5.92 Å². The molecular formula is C16H18ClN. The van der Waals surface area contributed by atoms with Gasteiger partial charge < -0.3 is 5.73 Å². The van der Waals surface area contributed by atoms with Gasteiger partial charge in [0.25, 0.3) is 0 Å². The van der Waals surface area contributed by atoms with Crippen molar-refractivity contribution in [3.8, 4) is 11.1 Å². The highest BCUT2D eigenvalue weighted by molar-refractivity contribution is 6.31. The van der Waals surface area contributed by atoms with E-state index in [1.165, 1.54) is 5.56 Å². The summed E-state index contributed by atoms with van der Waals surface area (Å²) < 4.78 is 0. The third kappa shape index (κ3) is 3.05. The molecular weight excluding hydrogens is 242 g/mol. The standard InChI is InChI=1S/C16H18ClN/c1-11(2)8-12-4-3-5-13(9-12)15-7-6-14(17)10-16(15)18/h3-7,9-11H,8,18H2,1-2H3. The minimum absolute atomic E-state index is 0.655. The maximum Gasteiger partial charge on any atom is 0.0426 e. The lowest BCUT2D eigenvalue weighted by molar-refractivity contribution is 0.647. The van der Waals surface area contributed by atoms with E-state index >= 15 is 0 Å². The summed E-state index contributed by atoms with van der Waals surface area (Å²) in [6, 6.07) is 14.2. The molecule has 0 saturated carbocycles. The van der Waals surface area contributed by atoms with Crippen LogP contribution in [0.25, 0.3) is 11.1 Å². The highest BCUT2D eigenvalue weighted by Gasteiger charge is 2.05. The number of nitrogen functional groups attached to an aromatic ring is 1. The second-order valence-electron chi connectivity index (χ2n) is 5.03. The van der Waals surface area contributed by atoms with Gasteiger partial charge in [0.2, 0.25) is 0 Å². The fraction of sp³-hybridized carbons (Fsp3) is 0.250. The normalized spacial score (nSPS) is 10.9. The highest BCUT2D eigenvalue weighted by Crippen LogP contribution is 2.29. The average molecular weight is 260 g/mol. The molecule has 2 N–H and O–H groups in total. The van der Waals surface area contributed by atoms with Crippen LogP contribution >= 0.6 is 11.6 Å². The van der Waals surface area contributed by atoms with E-state index in [9.17, 15) is 0 Å². The Morgan fingerprint density at radius 1 is 1.11 bits per heavy atom. The van der Waals surface area contributed by atoms with Gasteiger partial charge in [-0.1, -0.05) is 55.8 Å². The van der Waals surface area contributed by atoms with E-state index in [1.807, 2.05) is 12.1 Å². The van der Waals surface area contributed by atoms with Crippen LogP contribution in [0.2, 0.25) is 5.02 Å². The number of halogens is 1. The molecule has 2 rings (SSSR count). The minimum atomic E-state index is 0.655. The Kier molecular flexibility index (Phi) is 3.93. The highest BCUT2D eigenvalue weighted by atomic mass is 35.5. The van der Waals surface area contributed by atoms with E-state index in [-0.39, 0.29) is 0 Å². The van der Waals surface area contributed by atoms with Crippen LogP contribution in [0.5, 0.6) is 0 Å². The van der Waals surface area contributed by atoms with Gasteiger partial charge in [0.1, 0.15) is 0 Å². The van der Waals surface area contributed by atoms with Crippen molar-refractivity contribution in [3.05, 3.63) is 53.1 Å². The molecule has 0 fully saturated rings. The summed E-state index contributed by atoms with van der Waals surface area (Å²) in [5.74, 6) is 0.655. The Morgan fingerprint density at radius 2 is 1.89 bits per heavy atom. The molecule has 0 saturated heterocycles. The summed E-state index contributed by atoms with van der Waals surface area (Å²) in [6.45, 7) is 4.45. The average Bonchev–Trinajstić information content (AvgIpc) is 2.28. The zero-order valence-corrected chi connectivity index (χ0v) is 11.5. The van der Waals surface area contributed by atoms with E-state index in [0.29, 0.717) is 10.9 Å². The molecule has 0 aliphatic rings. The molecule has 2 aromatic carbocycles. The molecule has 0 unspecified atom stereocenters. The topological polar surface area (TPSA) is 26.0 Å². The van der Waals surface area contributed by atoms with Crippen LogP contribution in [-0.4, -0.2) is 0 Å². The molecule has 2 aromatic rings. The lowest BCUT2D eigenvalue weighted by atomic mass is 9.97. The molecule has 0 aliphatic carbocycles. The van der Waals surface area contributed by atoms with Gasteiger partial charge in [-0.05, 0) is 35.6 Å². The molecule has 2 heteroatoms. The number of benzene rings is 2. The quantitative estimate of drug-likeness (QED) is 0.788. The van der Waals surface area contributed by atoms with E-state index in [4.69, 9.17) is 17.3 Å². The van der Waals surface area contributed by atoms with Gasteiger partial charge >= 0.3 is 0 Å². The van der Waals surface area contributed by atoms with Crippen molar-refractivity contribution in [1.82, 2.24) is 0 Å². The van der Waals surface area contributed by atoms with Crippen molar-refractivity contribution in [2.45, 2.75) is 20.3 Å². The zero-order chi connectivity index (χ0) is 13.1. The third-order valence-electron chi connectivity index (χ3n) is 2.90. The lowest BCUT2D eigenvalue weighted by Gasteiger charge is -2.10. The predicted molar refractivity (Wildman–Crippen MR) is 79.8 cm³/mol. The Hall–Kier alpha value is -1.47. The summed E-state index contributed by atoms with van der Waals surface area (Å²) in [4.78, 5) is 0. The minimum Gasteiger partial charge on any atom is -0.398 e. The molecule has 0 amide bonds. The predicted octanol–water partition coefficient (Wildman–Crippen LogP) is 4.79. The van der Waals surface area contributed by atoms with Crippen molar-refractivity contribution < 1.29 is 0 Å². The smallest absolute Gasteiger partial charge is 0.0426 e. The van der Waals surface area contributed by atoms with Crippen LogP contribution in [0.1, 0.15) is 19.4 Å². The molecule has 94 valence electrons. The number of hydrogen-bond acceptors (Lipinski definition) is 1. The summed E-state index contributed by atoms with van der Waals surface area (Å²) in [5.41, 5.74) is 10.3. The fourth-order valence-corrected chi connectivity index (χ4v) is 2.31. The first-order chi connectivity index (χ1) is 8.56. The number of anilines is 1. The first kappa shape index (κ1) is 13.0. The first-order valence-corrected chi connectivity index (χ1v) is 6.58. The molecule has 0 atom stereocenters. The monoisotopic (exact) mass is 259 g/mol. The molecule has 0 radical (unpaired) electrons. The van der Waals surface area contributed by atoms with Crippen LogP contribution in [-0.2, 0) is 6.42 Å². The van der Waals surface area contributed by atoms with Gasteiger partial charge in [0.15, 0.2) is 0 Å². The number of hydrogen-bond donors (Lipinski definition) is 1. The van der Waals surface area contributed by atoms with Gasteiger partial charge in [0, 0.05) is 16.3 Å².